The first-order chi connectivity index (χ1) is 20.2. The molecule has 4 atom stereocenters. The zero-order valence-electron chi connectivity index (χ0n) is 25.5. The number of rotatable bonds is 11. The van der Waals surface area contributed by atoms with Gasteiger partial charge in [0.05, 0.1) is 10.9 Å². The molecular formula is C35H41ClN2O4S. The predicted octanol–water partition coefficient (Wildman–Crippen LogP) is 7.06. The molecule has 0 bridgehead atoms. The molecule has 1 aliphatic heterocycles. The number of carbonyl (C=O) groups is 2. The second-order valence-electron chi connectivity index (χ2n) is 12.8. The molecule has 2 unspecified atom stereocenters. The number of benzene rings is 3. The predicted molar refractivity (Wildman–Crippen MR) is 172 cm³/mol. The van der Waals surface area contributed by atoms with Gasteiger partial charge in [-0.1, -0.05) is 106 Å². The highest BCUT2D eigenvalue weighted by Gasteiger charge is 2.48. The normalized spacial score (nSPS) is 19.1. The van der Waals surface area contributed by atoms with Gasteiger partial charge in [-0.15, -0.1) is 0 Å². The molecule has 0 saturated carbocycles. The van der Waals surface area contributed by atoms with Gasteiger partial charge in [-0.2, -0.15) is 4.31 Å². The molecule has 0 saturated heterocycles. The van der Waals surface area contributed by atoms with Crippen LogP contribution >= 0.6 is 11.6 Å². The van der Waals surface area contributed by atoms with E-state index in [1.807, 2.05) is 43.3 Å². The van der Waals surface area contributed by atoms with Crippen molar-refractivity contribution in [1.82, 2.24) is 4.31 Å². The first-order valence-corrected chi connectivity index (χ1v) is 16.4. The van der Waals surface area contributed by atoms with Crippen molar-refractivity contribution in [1.29, 1.82) is 0 Å². The highest BCUT2D eigenvalue weighted by atomic mass is 35.5. The summed E-state index contributed by atoms with van der Waals surface area (Å²) in [4.78, 5) is 27.0. The molecule has 0 radical (unpaired) electrons. The van der Waals surface area contributed by atoms with Crippen LogP contribution in [-0.2, 0) is 26.0 Å². The molecule has 1 aliphatic rings. The summed E-state index contributed by atoms with van der Waals surface area (Å²) in [7, 11) is -4.08. The molecule has 1 heterocycles. The lowest BCUT2D eigenvalue weighted by atomic mass is 9.82. The molecule has 8 heteroatoms. The van der Waals surface area contributed by atoms with Gasteiger partial charge in [-0.05, 0) is 66.0 Å². The molecule has 0 aliphatic carbocycles. The number of halogens is 1. The van der Waals surface area contributed by atoms with E-state index in [9.17, 15) is 18.0 Å². The Bertz CT molecular complexity index is 1590. The van der Waals surface area contributed by atoms with Gasteiger partial charge in [0, 0.05) is 29.0 Å². The number of nitrogens with two attached hydrogens (primary N) is 1. The van der Waals surface area contributed by atoms with Gasteiger partial charge >= 0.3 is 0 Å². The molecule has 3 aromatic carbocycles. The average Bonchev–Trinajstić information content (AvgIpc) is 3.35. The Labute approximate surface area is 261 Å². The lowest BCUT2D eigenvalue weighted by Crippen LogP contribution is -2.43. The summed E-state index contributed by atoms with van der Waals surface area (Å²) >= 11 is 6.23. The zero-order chi connectivity index (χ0) is 31.5. The van der Waals surface area contributed by atoms with Crippen LogP contribution in [0.3, 0.4) is 0 Å². The highest BCUT2D eigenvalue weighted by molar-refractivity contribution is 7.89. The van der Waals surface area contributed by atoms with E-state index >= 15 is 0 Å². The second-order valence-corrected chi connectivity index (χ2v) is 15.1. The van der Waals surface area contributed by atoms with E-state index in [2.05, 4.69) is 20.8 Å². The maximum atomic E-state index is 14.6. The molecule has 0 aromatic heterocycles. The third kappa shape index (κ3) is 7.64. The van der Waals surface area contributed by atoms with Crippen LogP contribution in [0.15, 0.2) is 95.4 Å². The Hall–Kier alpha value is -3.26. The molecule has 43 heavy (non-hydrogen) atoms. The number of amides is 1. The molecule has 3 aromatic rings. The lowest BCUT2D eigenvalue weighted by molar-refractivity contribution is -0.126. The summed E-state index contributed by atoms with van der Waals surface area (Å²) in [6, 6.07) is 21.8. The van der Waals surface area contributed by atoms with Crippen LogP contribution in [0, 0.1) is 24.2 Å². The summed E-state index contributed by atoms with van der Waals surface area (Å²) in [5, 5.41) is 0.501. The Kier molecular flexibility index (Phi) is 10.00. The Morgan fingerprint density at radius 1 is 0.953 bits per heavy atom. The topological polar surface area (TPSA) is 97.5 Å². The third-order valence-corrected chi connectivity index (χ3v) is 10.3. The van der Waals surface area contributed by atoms with Crippen LogP contribution in [-0.4, -0.2) is 30.5 Å². The number of primary amides is 1. The summed E-state index contributed by atoms with van der Waals surface area (Å²) in [6.07, 6.45) is 2.73. The smallest absolute Gasteiger partial charge is 0.244 e. The molecule has 1 amide bonds. The highest BCUT2D eigenvalue weighted by Crippen LogP contribution is 2.46. The van der Waals surface area contributed by atoms with E-state index < -0.39 is 33.9 Å². The number of Topliss-reactive ketones (excluding diaryl/α,β-unsaturated/α-hetero) is 1. The van der Waals surface area contributed by atoms with Gasteiger partial charge < -0.3 is 5.73 Å². The van der Waals surface area contributed by atoms with Crippen molar-refractivity contribution >= 4 is 33.3 Å². The van der Waals surface area contributed by atoms with Crippen LogP contribution in [0.5, 0.6) is 0 Å². The minimum Gasteiger partial charge on any atom is -0.369 e. The zero-order valence-corrected chi connectivity index (χ0v) is 27.0. The Morgan fingerprint density at radius 3 is 2.14 bits per heavy atom. The summed E-state index contributed by atoms with van der Waals surface area (Å²) in [6.45, 7) is 10.2. The Balaban J connectivity index is 1.85. The standard InChI is InChI=1S/C35H41ClN2O4S/c1-23-11-9-10-14-32(23)43(41,42)38-30(24(2)22-35(3,4)5)21-29(33(38)26-15-17-28(36)18-16-26)31(39)20-27(34(37)40)19-25-12-7-6-8-13-25/h6-18,21,24,27,30,33H,19-20,22H2,1-5H3,(H2,37,40)/t24?,27-,30+,33?/m1/s1. The van der Waals surface area contributed by atoms with Gasteiger partial charge in [0.2, 0.25) is 15.9 Å². The van der Waals surface area contributed by atoms with E-state index in [0.717, 1.165) is 12.0 Å². The minimum atomic E-state index is -4.08. The fraction of sp³-hybridized carbons (Fsp3) is 0.371. The number of ketones is 1. The summed E-state index contributed by atoms with van der Waals surface area (Å²) in [5.41, 5.74) is 8.21. The van der Waals surface area contributed by atoms with Gasteiger partial charge in [0.15, 0.2) is 5.78 Å². The number of aryl methyl sites for hydroxylation is 1. The van der Waals surface area contributed by atoms with E-state index in [4.69, 9.17) is 17.3 Å². The van der Waals surface area contributed by atoms with Crippen molar-refractivity contribution in [2.75, 3.05) is 0 Å². The van der Waals surface area contributed by atoms with Crippen LogP contribution < -0.4 is 5.73 Å². The van der Waals surface area contributed by atoms with Crippen LogP contribution in [0.4, 0.5) is 0 Å². The fourth-order valence-electron chi connectivity index (χ4n) is 6.15. The van der Waals surface area contributed by atoms with Crippen LogP contribution in [0.2, 0.25) is 5.02 Å². The average molecular weight is 621 g/mol. The molecule has 228 valence electrons. The number of sulfonamides is 1. The molecule has 2 N–H and O–H groups in total. The van der Waals surface area contributed by atoms with Gasteiger partial charge in [-0.3, -0.25) is 9.59 Å². The maximum Gasteiger partial charge on any atom is 0.244 e. The van der Waals surface area contributed by atoms with Crippen LogP contribution in [0.1, 0.15) is 63.3 Å². The quantitative estimate of drug-likeness (QED) is 0.248. The number of hydrogen-bond donors (Lipinski definition) is 1. The number of carbonyl (C=O) groups excluding carboxylic acids is 2. The van der Waals surface area contributed by atoms with Gasteiger partial charge in [0.25, 0.3) is 0 Å². The third-order valence-electron chi connectivity index (χ3n) is 8.03. The van der Waals surface area contributed by atoms with E-state index in [-0.39, 0.29) is 28.4 Å². The van der Waals surface area contributed by atoms with Crippen molar-refractivity contribution < 1.29 is 18.0 Å². The maximum absolute atomic E-state index is 14.6. The number of hydrogen-bond acceptors (Lipinski definition) is 4. The van der Waals surface area contributed by atoms with Gasteiger partial charge in [0.1, 0.15) is 0 Å². The van der Waals surface area contributed by atoms with Crippen molar-refractivity contribution in [2.24, 2.45) is 23.0 Å². The summed E-state index contributed by atoms with van der Waals surface area (Å²) < 4.78 is 30.7. The SMILES string of the molecule is Cc1ccccc1S(=O)(=O)N1C(c2ccc(Cl)cc2)C(C(=O)C[C@@H](Cc2ccccc2)C(N)=O)=C[C@H]1C(C)CC(C)(C)C. The lowest BCUT2D eigenvalue weighted by Gasteiger charge is -2.36. The van der Waals surface area contributed by atoms with Crippen LogP contribution in [0.25, 0.3) is 0 Å². The van der Waals surface area contributed by atoms with Crippen molar-refractivity contribution in [3.05, 3.63) is 112 Å². The molecule has 0 spiro atoms. The van der Waals surface area contributed by atoms with Crippen molar-refractivity contribution in [3.63, 3.8) is 0 Å². The van der Waals surface area contributed by atoms with E-state index in [1.54, 1.807) is 55.5 Å². The van der Waals surface area contributed by atoms with E-state index in [1.165, 1.54) is 4.31 Å². The largest absolute Gasteiger partial charge is 0.369 e. The minimum absolute atomic E-state index is 0.0827. The molecular weight excluding hydrogens is 580 g/mol. The second kappa shape index (κ2) is 13.2. The monoisotopic (exact) mass is 620 g/mol. The molecule has 0 fully saturated rings. The summed E-state index contributed by atoms with van der Waals surface area (Å²) in [5.74, 6) is -1.72. The molecule has 6 nitrogen and oxygen atoms in total. The van der Waals surface area contributed by atoms with Crippen molar-refractivity contribution in [2.45, 2.75) is 70.9 Å². The number of nitrogens with zero attached hydrogens (tertiary/aromatic N) is 1. The van der Waals surface area contributed by atoms with E-state index in [0.29, 0.717) is 28.1 Å². The molecule has 4 rings (SSSR count). The first-order valence-electron chi connectivity index (χ1n) is 14.6. The fourth-order valence-corrected chi connectivity index (χ4v) is 8.33. The van der Waals surface area contributed by atoms with Gasteiger partial charge in [-0.25, -0.2) is 8.42 Å². The van der Waals surface area contributed by atoms with Crippen molar-refractivity contribution in [3.8, 4) is 0 Å². The Morgan fingerprint density at radius 2 is 1.56 bits per heavy atom. The first kappa shape index (κ1) is 32.6.